The molecule has 1 rings (SSSR count). The van der Waals surface area contributed by atoms with Crippen molar-refractivity contribution in [3.8, 4) is 0 Å². The van der Waals surface area contributed by atoms with Gasteiger partial charge in [-0.05, 0) is 24.8 Å². The predicted molar refractivity (Wildman–Crippen MR) is 42.8 cm³/mol. The lowest BCUT2D eigenvalue weighted by Gasteiger charge is -2.12. The first-order chi connectivity index (χ1) is 5.58. The van der Waals surface area contributed by atoms with Crippen LogP contribution in [0.3, 0.4) is 0 Å². The topological polar surface area (TPSA) is 43.4 Å². The van der Waals surface area contributed by atoms with Crippen LogP contribution in [-0.4, -0.2) is 20.8 Å². The average molecular weight is 194 g/mol. The molecule has 0 spiro atoms. The molecule has 1 heterocycles. The summed E-state index contributed by atoms with van der Waals surface area (Å²) < 4.78 is 37.3. The summed E-state index contributed by atoms with van der Waals surface area (Å²) in [5, 5.41) is 0. The molecule has 3 nitrogen and oxygen atoms in total. The van der Waals surface area contributed by atoms with Crippen LogP contribution >= 0.6 is 0 Å². The summed E-state index contributed by atoms with van der Waals surface area (Å²) in [4.78, 5) is 0. The maximum Gasteiger partial charge on any atom is 0.302 e. The average Bonchev–Trinajstić information content (AvgIpc) is 2.02. The lowest BCUT2D eigenvalue weighted by Crippen LogP contribution is -2.04. The van der Waals surface area contributed by atoms with Crippen LogP contribution in [0.4, 0.5) is 3.89 Å². The molecule has 0 N–H and O–H groups in total. The molecule has 0 amide bonds. The minimum absolute atomic E-state index is 0.249. The molecule has 0 radical (unpaired) electrons. The highest BCUT2D eigenvalue weighted by atomic mass is 32.3. The van der Waals surface area contributed by atoms with Gasteiger partial charge in [0.15, 0.2) is 0 Å². The van der Waals surface area contributed by atoms with Crippen LogP contribution in [0.15, 0.2) is 11.8 Å². The van der Waals surface area contributed by atoms with Crippen molar-refractivity contribution in [2.45, 2.75) is 19.3 Å². The number of halogens is 1. The van der Waals surface area contributed by atoms with E-state index in [4.69, 9.17) is 4.74 Å². The van der Waals surface area contributed by atoms with Crippen molar-refractivity contribution in [3.05, 3.63) is 11.8 Å². The summed E-state index contributed by atoms with van der Waals surface area (Å²) in [6, 6.07) is 0. The van der Waals surface area contributed by atoms with Gasteiger partial charge in [-0.15, -0.1) is 3.89 Å². The second kappa shape index (κ2) is 3.89. The van der Waals surface area contributed by atoms with Crippen LogP contribution in [-0.2, 0) is 15.0 Å². The maximum absolute atomic E-state index is 12.0. The fourth-order valence-electron chi connectivity index (χ4n) is 1.06. The van der Waals surface area contributed by atoms with Crippen LogP contribution < -0.4 is 0 Å². The zero-order chi connectivity index (χ0) is 9.03. The molecule has 70 valence electrons. The standard InChI is InChI=1S/C7H11FO3S/c8-12(9,10)5-3-7-2-1-4-11-6-7/h6H,1-5H2. The van der Waals surface area contributed by atoms with Gasteiger partial charge in [-0.2, -0.15) is 8.42 Å². The largest absolute Gasteiger partial charge is 0.501 e. The van der Waals surface area contributed by atoms with Crippen molar-refractivity contribution < 1.29 is 17.0 Å². The third-order valence-corrected chi connectivity index (χ3v) is 2.37. The fraction of sp³-hybridized carbons (Fsp3) is 0.714. The number of allylic oxidation sites excluding steroid dienone is 1. The molecule has 1 aliphatic rings. The van der Waals surface area contributed by atoms with Gasteiger partial charge in [-0.25, -0.2) is 0 Å². The van der Waals surface area contributed by atoms with Crippen molar-refractivity contribution in [2.75, 3.05) is 12.4 Å². The summed E-state index contributed by atoms with van der Waals surface area (Å²) >= 11 is 0. The number of hydrogen-bond acceptors (Lipinski definition) is 3. The number of ether oxygens (including phenoxy) is 1. The first-order valence-electron chi connectivity index (χ1n) is 3.80. The van der Waals surface area contributed by atoms with Crippen LogP contribution in [0.2, 0.25) is 0 Å². The number of hydrogen-bond donors (Lipinski definition) is 0. The summed E-state index contributed by atoms with van der Waals surface area (Å²) in [6.07, 6.45) is 3.49. The van der Waals surface area contributed by atoms with Crippen molar-refractivity contribution in [1.82, 2.24) is 0 Å². The van der Waals surface area contributed by atoms with Gasteiger partial charge in [-0.1, -0.05) is 0 Å². The molecule has 5 heteroatoms. The minimum Gasteiger partial charge on any atom is -0.501 e. The van der Waals surface area contributed by atoms with Crippen LogP contribution in [0.25, 0.3) is 0 Å². The first kappa shape index (κ1) is 9.51. The molecular weight excluding hydrogens is 183 g/mol. The Labute approximate surface area is 71.4 Å². The molecule has 0 aromatic heterocycles. The molecule has 0 saturated carbocycles. The van der Waals surface area contributed by atoms with E-state index in [1.807, 2.05) is 0 Å². The van der Waals surface area contributed by atoms with Crippen molar-refractivity contribution in [1.29, 1.82) is 0 Å². The first-order valence-corrected chi connectivity index (χ1v) is 5.35. The van der Waals surface area contributed by atoms with Crippen LogP contribution in [0, 0.1) is 0 Å². The second-order valence-corrected chi connectivity index (χ2v) is 4.23. The van der Waals surface area contributed by atoms with Gasteiger partial charge < -0.3 is 4.74 Å². The molecule has 0 aromatic carbocycles. The Morgan fingerprint density at radius 2 is 2.33 bits per heavy atom. The van der Waals surface area contributed by atoms with Gasteiger partial charge in [-0.3, -0.25) is 0 Å². The fourth-order valence-corrected chi connectivity index (χ4v) is 1.56. The molecule has 0 aliphatic carbocycles. The Bertz CT molecular complexity index is 268. The summed E-state index contributed by atoms with van der Waals surface area (Å²) in [6.45, 7) is 0.672. The Hall–Kier alpha value is -0.580. The Morgan fingerprint density at radius 1 is 1.58 bits per heavy atom. The molecule has 12 heavy (non-hydrogen) atoms. The molecule has 0 atom stereocenters. The van der Waals surface area contributed by atoms with E-state index < -0.39 is 16.0 Å². The van der Waals surface area contributed by atoms with Gasteiger partial charge in [0.05, 0.1) is 18.6 Å². The van der Waals surface area contributed by atoms with Crippen molar-refractivity contribution >= 4 is 10.2 Å². The van der Waals surface area contributed by atoms with E-state index in [2.05, 4.69) is 0 Å². The summed E-state index contributed by atoms with van der Waals surface area (Å²) in [5.74, 6) is -0.428. The zero-order valence-corrected chi connectivity index (χ0v) is 7.44. The summed E-state index contributed by atoms with van der Waals surface area (Å²) in [7, 11) is -4.32. The Kier molecular flexibility index (Phi) is 3.08. The predicted octanol–water partition coefficient (Wildman–Crippen LogP) is 1.37. The van der Waals surface area contributed by atoms with Gasteiger partial charge in [0, 0.05) is 0 Å². The Morgan fingerprint density at radius 3 is 2.83 bits per heavy atom. The lowest BCUT2D eigenvalue weighted by atomic mass is 10.1. The third-order valence-electron chi connectivity index (χ3n) is 1.68. The highest BCUT2D eigenvalue weighted by Crippen LogP contribution is 2.16. The second-order valence-electron chi connectivity index (χ2n) is 2.74. The highest BCUT2D eigenvalue weighted by molar-refractivity contribution is 7.86. The maximum atomic E-state index is 12.0. The SMILES string of the molecule is O=S(=O)(F)CCC1=COCCC1. The molecule has 0 aromatic rings. The molecule has 1 aliphatic heterocycles. The van der Waals surface area contributed by atoms with Gasteiger partial charge >= 0.3 is 10.2 Å². The van der Waals surface area contributed by atoms with E-state index in [-0.39, 0.29) is 6.42 Å². The smallest absolute Gasteiger partial charge is 0.302 e. The van der Waals surface area contributed by atoms with E-state index in [0.717, 1.165) is 18.4 Å². The normalized spacial score (nSPS) is 18.2. The molecule has 0 unspecified atom stereocenters. The minimum atomic E-state index is -4.32. The lowest BCUT2D eigenvalue weighted by molar-refractivity contribution is 0.223. The van der Waals surface area contributed by atoms with Crippen LogP contribution in [0.1, 0.15) is 19.3 Å². The van der Waals surface area contributed by atoms with Gasteiger partial charge in [0.2, 0.25) is 0 Å². The highest BCUT2D eigenvalue weighted by Gasteiger charge is 2.10. The molecular formula is C7H11FO3S. The number of rotatable bonds is 3. The van der Waals surface area contributed by atoms with Gasteiger partial charge in [0.1, 0.15) is 0 Å². The van der Waals surface area contributed by atoms with Gasteiger partial charge in [0.25, 0.3) is 0 Å². The van der Waals surface area contributed by atoms with Crippen molar-refractivity contribution in [2.24, 2.45) is 0 Å². The monoisotopic (exact) mass is 194 g/mol. The molecule has 0 bridgehead atoms. The molecule has 0 fully saturated rings. The van der Waals surface area contributed by atoms with E-state index in [0.29, 0.717) is 6.61 Å². The van der Waals surface area contributed by atoms with Crippen molar-refractivity contribution in [3.63, 3.8) is 0 Å². The van der Waals surface area contributed by atoms with E-state index in [1.54, 1.807) is 0 Å². The molecule has 0 saturated heterocycles. The Balaban J connectivity index is 2.36. The van der Waals surface area contributed by atoms with E-state index >= 15 is 0 Å². The van der Waals surface area contributed by atoms with E-state index in [9.17, 15) is 12.3 Å². The van der Waals surface area contributed by atoms with E-state index in [1.165, 1.54) is 6.26 Å². The quantitative estimate of drug-likeness (QED) is 0.637. The zero-order valence-electron chi connectivity index (χ0n) is 6.62. The summed E-state index contributed by atoms with van der Waals surface area (Å²) in [5.41, 5.74) is 0.877. The van der Waals surface area contributed by atoms with Crippen LogP contribution in [0.5, 0.6) is 0 Å². The third kappa shape index (κ3) is 3.71.